The van der Waals surface area contributed by atoms with Crippen LogP contribution in [-0.2, 0) is 16.4 Å². The zero-order chi connectivity index (χ0) is 13.9. The SMILES string of the molecule is NCCCc1nnnn1-c1ccc(S(N)(=O)=O)cc1. The van der Waals surface area contributed by atoms with Crippen LogP contribution < -0.4 is 10.9 Å². The number of aromatic nitrogens is 4. The Morgan fingerprint density at radius 3 is 2.47 bits per heavy atom. The van der Waals surface area contributed by atoms with Crippen LogP contribution in [0.25, 0.3) is 5.69 Å². The number of tetrazole rings is 1. The zero-order valence-corrected chi connectivity index (χ0v) is 10.9. The number of hydrogen-bond donors (Lipinski definition) is 2. The molecule has 0 saturated heterocycles. The van der Waals surface area contributed by atoms with Gasteiger partial charge in [0.15, 0.2) is 5.82 Å². The Morgan fingerprint density at radius 1 is 1.21 bits per heavy atom. The molecule has 102 valence electrons. The lowest BCUT2D eigenvalue weighted by atomic mass is 10.3. The number of nitrogens with zero attached hydrogens (tertiary/aromatic N) is 4. The molecule has 0 atom stereocenters. The van der Waals surface area contributed by atoms with E-state index in [4.69, 9.17) is 10.9 Å². The Hall–Kier alpha value is -1.84. The van der Waals surface area contributed by atoms with Crippen LogP contribution in [0.15, 0.2) is 29.2 Å². The average molecular weight is 282 g/mol. The molecular formula is C10H14N6O2S. The molecule has 1 aromatic carbocycles. The number of nitrogens with two attached hydrogens (primary N) is 2. The van der Waals surface area contributed by atoms with E-state index >= 15 is 0 Å². The number of rotatable bonds is 5. The predicted molar refractivity (Wildman–Crippen MR) is 67.9 cm³/mol. The molecule has 2 rings (SSSR count). The van der Waals surface area contributed by atoms with E-state index in [1.54, 1.807) is 16.8 Å². The summed E-state index contributed by atoms with van der Waals surface area (Å²) in [5.74, 6) is 0.675. The van der Waals surface area contributed by atoms with Gasteiger partial charge in [0, 0.05) is 6.42 Å². The van der Waals surface area contributed by atoms with Crippen molar-refractivity contribution in [3.63, 3.8) is 0 Å². The number of primary sulfonamides is 1. The summed E-state index contributed by atoms with van der Waals surface area (Å²) >= 11 is 0. The van der Waals surface area contributed by atoms with E-state index in [1.807, 2.05) is 0 Å². The molecule has 1 heterocycles. The second kappa shape index (κ2) is 5.43. The first-order valence-corrected chi connectivity index (χ1v) is 7.17. The summed E-state index contributed by atoms with van der Waals surface area (Å²) in [6, 6.07) is 6.03. The minimum absolute atomic E-state index is 0.0489. The summed E-state index contributed by atoms with van der Waals surface area (Å²) in [4.78, 5) is 0.0489. The van der Waals surface area contributed by atoms with Gasteiger partial charge in [0.1, 0.15) is 0 Å². The van der Waals surface area contributed by atoms with Gasteiger partial charge in [0.25, 0.3) is 0 Å². The maximum atomic E-state index is 11.2. The highest BCUT2D eigenvalue weighted by atomic mass is 32.2. The van der Waals surface area contributed by atoms with Crippen LogP contribution in [0.1, 0.15) is 12.2 Å². The highest BCUT2D eigenvalue weighted by molar-refractivity contribution is 7.89. The molecule has 0 unspecified atom stereocenters. The molecule has 4 N–H and O–H groups in total. The lowest BCUT2D eigenvalue weighted by Crippen LogP contribution is -2.12. The van der Waals surface area contributed by atoms with Crippen molar-refractivity contribution in [2.75, 3.05) is 6.54 Å². The molecule has 0 saturated carbocycles. The second-order valence-electron chi connectivity index (χ2n) is 3.94. The quantitative estimate of drug-likeness (QED) is 0.738. The van der Waals surface area contributed by atoms with Gasteiger partial charge in [-0.15, -0.1) is 5.10 Å². The van der Waals surface area contributed by atoms with Gasteiger partial charge in [0.2, 0.25) is 10.0 Å². The van der Waals surface area contributed by atoms with Gasteiger partial charge in [-0.25, -0.2) is 13.6 Å². The molecule has 8 nitrogen and oxygen atoms in total. The van der Waals surface area contributed by atoms with Crippen molar-refractivity contribution >= 4 is 10.0 Å². The van der Waals surface area contributed by atoms with Crippen molar-refractivity contribution in [3.8, 4) is 5.69 Å². The summed E-state index contributed by atoms with van der Waals surface area (Å²) in [7, 11) is -3.69. The molecule has 1 aromatic heterocycles. The molecular weight excluding hydrogens is 268 g/mol. The molecule has 0 spiro atoms. The van der Waals surface area contributed by atoms with E-state index in [-0.39, 0.29) is 4.90 Å². The Morgan fingerprint density at radius 2 is 1.89 bits per heavy atom. The van der Waals surface area contributed by atoms with Crippen LogP contribution in [0.3, 0.4) is 0 Å². The van der Waals surface area contributed by atoms with Crippen molar-refractivity contribution < 1.29 is 8.42 Å². The zero-order valence-electron chi connectivity index (χ0n) is 10.1. The fraction of sp³-hybridized carbons (Fsp3) is 0.300. The summed E-state index contributed by atoms with van der Waals surface area (Å²) in [6.45, 7) is 0.553. The van der Waals surface area contributed by atoms with E-state index in [0.29, 0.717) is 24.5 Å². The molecule has 0 aliphatic heterocycles. The van der Waals surface area contributed by atoms with Gasteiger partial charge < -0.3 is 5.73 Å². The molecule has 0 bridgehead atoms. The summed E-state index contributed by atoms with van der Waals surface area (Å²) in [5.41, 5.74) is 6.11. The molecule has 0 aliphatic rings. The Balaban J connectivity index is 2.30. The normalized spacial score (nSPS) is 11.7. The molecule has 0 aliphatic carbocycles. The fourth-order valence-corrected chi connectivity index (χ4v) is 2.11. The largest absolute Gasteiger partial charge is 0.330 e. The molecule has 0 radical (unpaired) electrons. The van der Waals surface area contributed by atoms with E-state index in [0.717, 1.165) is 6.42 Å². The summed E-state index contributed by atoms with van der Waals surface area (Å²) in [6.07, 6.45) is 1.43. The number of sulfonamides is 1. The molecule has 9 heteroatoms. The van der Waals surface area contributed by atoms with E-state index in [9.17, 15) is 8.42 Å². The van der Waals surface area contributed by atoms with Gasteiger partial charge in [0.05, 0.1) is 10.6 Å². The first kappa shape index (κ1) is 13.6. The fourth-order valence-electron chi connectivity index (χ4n) is 1.60. The van der Waals surface area contributed by atoms with Crippen molar-refractivity contribution in [1.29, 1.82) is 0 Å². The lowest BCUT2D eigenvalue weighted by molar-refractivity contribution is 0.597. The van der Waals surface area contributed by atoms with Gasteiger partial charge in [-0.2, -0.15) is 4.68 Å². The van der Waals surface area contributed by atoms with Crippen molar-refractivity contribution in [1.82, 2.24) is 20.2 Å². The Kier molecular flexibility index (Phi) is 3.88. The summed E-state index contributed by atoms with van der Waals surface area (Å²) < 4.78 is 23.9. The highest BCUT2D eigenvalue weighted by Crippen LogP contribution is 2.13. The van der Waals surface area contributed by atoms with Gasteiger partial charge in [-0.05, 0) is 47.7 Å². The van der Waals surface area contributed by atoms with Crippen LogP contribution in [0.5, 0.6) is 0 Å². The molecule has 0 amide bonds. The minimum Gasteiger partial charge on any atom is -0.330 e. The van der Waals surface area contributed by atoms with Gasteiger partial charge in [-0.1, -0.05) is 0 Å². The molecule has 19 heavy (non-hydrogen) atoms. The predicted octanol–water partition coefficient (Wildman–Crippen LogP) is -0.799. The van der Waals surface area contributed by atoms with E-state index < -0.39 is 10.0 Å². The first-order valence-electron chi connectivity index (χ1n) is 5.63. The number of benzene rings is 1. The topological polar surface area (TPSA) is 130 Å². The van der Waals surface area contributed by atoms with E-state index in [2.05, 4.69) is 15.5 Å². The van der Waals surface area contributed by atoms with Gasteiger partial charge >= 0.3 is 0 Å². The van der Waals surface area contributed by atoms with Gasteiger partial charge in [-0.3, -0.25) is 0 Å². The highest BCUT2D eigenvalue weighted by Gasteiger charge is 2.10. The van der Waals surface area contributed by atoms with Crippen LogP contribution in [-0.4, -0.2) is 35.2 Å². The molecule has 0 fully saturated rings. The summed E-state index contributed by atoms with van der Waals surface area (Å²) in [5, 5.41) is 16.4. The van der Waals surface area contributed by atoms with Crippen molar-refractivity contribution in [3.05, 3.63) is 30.1 Å². The Bertz CT molecular complexity index is 649. The third kappa shape index (κ3) is 3.13. The third-order valence-corrected chi connectivity index (χ3v) is 3.48. The Labute approximate surface area is 110 Å². The molecule has 2 aromatic rings. The van der Waals surface area contributed by atoms with E-state index in [1.165, 1.54) is 12.1 Å². The average Bonchev–Trinajstić information content (AvgIpc) is 2.83. The number of hydrogen-bond acceptors (Lipinski definition) is 6. The maximum Gasteiger partial charge on any atom is 0.238 e. The number of aryl methyl sites for hydroxylation is 1. The standard InChI is InChI=1S/C10H14N6O2S/c11-7-1-2-10-13-14-15-16(10)8-3-5-9(6-4-8)19(12,17)18/h3-6H,1-2,7,11H2,(H2,12,17,18). The smallest absolute Gasteiger partial charge is 0.238 e. The van der Waals surface area contributed by atoms with Crippen LogP contribution in [0, 0.1) is 0 Å². The second-order valence-corrected chi connectivity index (χ2v) is 5.50. The monoisotopic (exact) mass is 282 g/mol. The lowest BCUT2D eigenvalue weighted by Gasteiger charge is -2.05. The first-order chi connectivity index (χ1) is 9.02. The minimum atomic E-state index is -3.69. The van der Waals surface area contributed by atoms with Crippen LogP contribution >= 0.6 is 0 Å². The van der Waals surface area contributed by atoms with Crippen LogP contribution in [0.4, 0.5) is 0 Å². The maximum absolute atomic E-state index is 11.2. The van der Waals surface area contributed by atoms with Crippen molar-refractivity contribution in [2.24, 2.45) is 10.9 Å². The van der Waals surface area contributed by atoms with Crippen molar-refractivity contribution in [2.45, 2.75) is 17.7 Å². The van der Waals surface area contributed by atoms with Crippen LogP contribution in [0.2, 0.25) is 0 Å². The third-order valence-electron chi connectivity index (χ3n) is 2.55.